The van der Waals surface area contributed by atoms with Crippen LogP contribution in [0.15, 0.2) is 42.6 Å². The molecule has 0 atom stereocenters. The topological polar surface area (TPSA) is 95.3 Å². The van der Waals surface area contributed by atoms with Gasteiger partial charge in [-0.05, 0) is 44.2 Å². The molecule has 0 bridgehead atoms. The van der Waals surface area contributed by atoms with Gasteiger partial charge in [-0.15, -0.1) is 0 Å². The summed E-state index contributed by atoms with van der Waals surface area (Å²) in [7, 11) is 0. The first kappa shape index (κ1) is 20.6. The van der Waals surface area contributed by atoms with Gasteiger partial charge in [0.2, 0.25) is 0 Å². The molecule has 0 radical (unpaired) electrons. The zero-order valence-corrected chi connectivity index (χ0v) is 17.0. The van der Waals surface area contributed by atoms with Crippen LogP contribution in [-0.4, -0.2) is 33.4 Å². The number of halogens is 2. The summed E-state index contributed by atoms with van der Waals surface area (Å²) >= 11 is 12.1. The maximum Gasteiger partial charge on any atom is 0.513 e. The van der Waals surface area contributed by atoms with Crippen LogP contribution >= 0.6 is 23.2 Å². The first-order valence-electron chi connectivity index (χ1n) is 8.51. The number of amides is 1. The van der Waals surface area contributed by atoms with Crippen LogP contribution in [0.4, 0.5) is 10.6 Å². The van der Waals surface area contributed by atoms with Crippen molar-refractivity contribution in [3.8, 4) is 11.6 Å². The Kier molecular flexibility index (Phi) is 6.36. The molecule has 2 aromatic heterocycles. The first-order chi connectivity index (χ1) is 13.9. The molecular formula is C19H16Cl2N4O4. The summed E-state index contributed by atoms with van der Waals surface area (Å²) in [5.74, 6) is 0.589. The zero-order valence-electron chi connectivity index (χ0n) is 15.5. The van der Waals surface area contributed by atoms with Gasteiger partial charge in [-0.25, -0.2) is 9.78 Å². The molecule has 0 unspecified atom stereocenters. The summed E-state index contributed by atoms with van der Waals surface area (Å²) in [5.41, 5.74) is 1.01. The minimum Gasteiger partial charge on any atom is -0.434 e. The average Bonchev–Trinajstić information content (AvgIpc) is 3.02. The Bertz CT molecular complexity index is 1050. The molecule has 8 nitrogen and oxygen atoms in total. The van der Waals surface area contributed by atoms with Crippen LogP contribution in [0.1, 0.15) is 23.0 Å². The zero-order chi connectivity index (χ0) is 21.0. The predicted molar refractivity (Wildman–Crippen MR) is 108 cm³/mol. The minimum atomic E-state index is -0.809. The summed E-state index contributed by atoms with van der Waals surface area (Å²) in [6.45, 7) is 3.66. The Morgan fingerprint density at radius 1 is 1.17 bits per heavy atom. The number of aromatic nitrogens is 3. The number of hydrogen-bond acceptors (Lipinski definition) is 6. The molecule has 1 N–H and O–H groups in total. The molecule has 0 aliphatic rings. The lowest BCUT2D eigenvalue weighted by molar-refractivity contribution is 0.102. The van der Waals surface area contributed by atoms with Crippen molar-refractivity contribution >= 4 is 41.1 Å². The van der Waals surface area contributed by atoms with Crippen LogP contribution in [0.3, 0.4) is 0 Å². The predicted octanol–water partition coefficient (Wildman–Crippen LogP) is 4.67. The maximum absolute atomic E-state index is 12.6. The number of nitrogens with one attached hydrogen (secondary N) is 1. The summed E-state index contributed by atoms with van der Waals surface area (Å²) in [6, 6.07) is 9.24. The van der Waals surface area contributed by atoms with Gasteiger partial charge in [0.25, 0.3) is 5.91 Å². The van der Waals surface area contributed by atoms with Crippen molar-refractivity contribution < 1.29 is 19.1 Å². The molecule has 0 aliphatic heterocycles. The number of carbonyl (C=O) groups is 2. The van der Waals surface area contributed by atoms with Gasteiger partial charge in [-0.3, -0.25) is 4.79 Å². The summed E-state index contributed by atoms with van der Waals surface area (Å²) < 4.78 is 11.1. The fourth-order valence-electron chi connectivity index (χ4n) is 2.42. The van der Waals surface area contributed by atoms with E-state index < -0.39 is 6.16 Å². The Morgan fingerprint density at radius 3 is 2.55 bits per heavy atom. The minimum absolute atomic E-state index is 0.207. The number of ether oxygens (including phenoxy) is 2. The molecule has 0 aliphatic carbocycles. The summed E-state index contributed by atoms with van der Waals surface area (Å²) in [5, 5.41) is 7.76. The highest BCUT2D eigenvalue weighted by Crippen LogP contribution is 2.25. The normalized spacial score (nSPS) is 10.5. The monoisotopic (exact) mass is 434 g/mol. The van der Waals surface area contributed by atoms with E-state index in [0.717, 1.165) is 0 Å². The molecule has 0 saturated heterocycles. The van der Waals surface area contributed by atoms with Gasteiger partial charge in [0.05, 0.1) is 22.3 Å². The third-order valence-corrected chi connectivity index (χ3v) is 4.13. The van der Waals surface area contributed by atoms with Crippen LogP contribution in [0.5, 0.6) is 5.75 Å². The first-order valence-corrected chi connectivity index (χ1v) is 9.27. The van der Waals surface area contributed by atoms with E-state index in [1.807, 2.05) is 0 Å². The molecule has 10 heteroatoms. The van der Waals surface area contributed by atoms with Gasteiger partial charge in [-0.2, -0.15) is 9.78 Å². The van der Waals surface area contributed by atoms with Crippen LogP contribution in [0.2, 0.25) is 10.0 Å². The van der Waals surface area contributed by atoms with E-state index in [1.165, 1.54) is 41.2 Å². The van der Waals surface area contributed by atoms with Gasteiger partial charge in [0, 0.05) is 17.8 Å². The van der Waals surface area contributed by atoms with Gasteiger partial charge in [0.15, 0.2) is 5.82 Å². The van der Waals surface area contributed by atoms with Crippen LogP contribution in [0, 0.1) is 6.92 Å². The lowest BCUT2D eigenvalue weighted by Gasteiger charge is -2.10. The second kappa shape index (κ2) is 8.93. The van der Waals surface area contributed by atoms with Crippen molar-refractivity contribution in [1.82, 2.24) is 14.8 Å². The Balaban J connectivity index is 1.78. The fourth-order valence-corrected chi connectivity index (χ4v) is 2.88. The van der Waals surface area contributed by atoms with Crippen LogP contribution < -0.4 is 10.1 Å². The molecule has 1 amide bonds. The molecule has 2 heterocycles. The Morgan fingerprint density at radius 2 is 1.90 bits per heavy atom. The van der Waals surface area contributed by atoms with Crippen molar-refractivity contribution in [1.29, 1.82) is 0 Å². The maximum atomic E-state index is 12.6. The smallest absolute Gasteiger partial charge is 0.434 e. The lowest BCUT2D eigenvalue weighted by atomic mass is 10.2. The number of carbonyl (C=O) groups excluding carboxylic acids is 2. The molecule has 0 spiro atoms. The Hall–Kier alpha value is -3.10. The lowest BCUT2D eigenvalue weighted by Crippen LogP contribution is -2.16. The van der Waals surface area contributed by atoms with E-state index in [0.29, 0.717) is 27.9 Å². The number of benzene rings is 1. The molecule has 0 fully saturated rings. The third-order valence-electron chi connectivity index (χ3n) is 3.64. The highest BCUT2D eigenvalue weighted by Gasteiger charge is 2.16. The van der Waals surface area contributed by atoms with Gasteiger partial charge >= 0.3 is 6.16 Å². The number of anilines is 1. The molecule has 0 saturated carbocycles. The van der Waals surface area contributed by atoms with E-state index in [4.69, 9.17) is 32.7 Å². The molecular weight excluding hydrogens is 419 g/mol. The number of pyridine rings is 1. The molecule has 1 aromatic carbocycles. The average molecular weight is 435 g/mol. The second-order valence-corrected chi connectivity index (χ2v) is 6.65. The number of hydrogen-bond donors (Lipinski definition) is 1. The standard InChI is InChI=1S/C19H16Cl2N4O4/c1-3-28-19(27)29-14-6-4-12(5-7-14)18(26)23-16-8-11(2)24-25(16)17-15(21)9-13(20)10-22-17/h4-10H,3H2,1-2H3,(H,23,26). The van der Waals surface area contributed by atoms with E-state index >= 15 is 0 Å². The van der Waals surface area contributed by atoms with Crippen molar-refractivity contribution in [2.45, 2.75) is 13.8 Å². The van der Waals surface area contributed by atoms with Crippen molar-refractivity contribution in [2.75, 3.05) is 11.9 Å². The molecule has 3 aromatic rings. The van der Waals surface area contributed by atoms with E-state index in [2.05, 4.69) is 15.4 Å². The SMILES string of the molecule is CCOC(=O)Oc1ccc(C(=O)Nc2cc(C)nn2-c2ncc(Cl)cc2Cl)cc1. The molecule has 29 heavy (non-hydrogen) atoms. The summed E-state index contributed by atoms with van der Waals surface area (Å²) in [6.07, 6.45) is 0.629. The van der Waals surface area contributed by atoms with Gasteiger partial charge in [-0.1, -0.05) is 23.2 Å². The number of rotatable bonds is 5. The number of nitrogens with zero attached hydrogens (tertiary/aromatic N) is 3. The van der Waals surface area contributed by atoms with Gasteiger partial charge in [0.1, 0.15) is 11.6 Å². The quantitative estimate of drug-likeness (QED) is 0.462. The van der Waals surface area contributed by atoms with E-state index in [9.17, 15) is 9.59 Å². The van der Waals surface area contributed by atoms with Crippen molar-refractivity contribution in [2.24, 2.45) is 0 Å². The van der Waals surface area contributed by atoms with E-state index in [1.54, 1.807) is 19.9 Å². The number of aryl methyl sites for hydroxylation is 1. The third kappa shape index (κ3) is 5.04. The van der Waals surface area contributed by atoms with Crippen molar-refractivity contribution in [3.63, 3.8) is 0 Å². The summed E-state index contributed by atoms with van der Waals surface area (Å²) in [4.78, 5) is 28.1. The molecule has 150 valence electrons. The van der Waals surface area contributed by atoms with Crippen molar-refractivity contribution in [3.05, 3.63) is 63.9 Å². The van der Waals surface area contributed by atoms with Crippen LogP contribution in [0.25, 0.3) is 5.82 Å². The van der Waals surface area contributed by atoms with E-state index in [-0.39, 0.29) is 23.3 Å². The van der Waals surface area contributed by atoms with Crippen LogP contribution in [-0.2, 0) is 4.74 Å². The second-order valence-electron chi connectivity index (χ2n) is 5.81. The fraction of sp³-hybridized carbons (Fsp3) is 0.158. The Labute approximate surface area is 176 Å². The highest BCUT2D eigenvalue weighted by atomic mass is 35.5. The largest absolute Gasteiger partial charge is 0.513 e. The van der Waals surface area contributed by atoms with Gasteiger partial charge < -0.3 is 14.8 Å². The molecule has 3 rings (SSSR count). The highest BCUT2D eigenvalue weighted by molar-refractivity contribution is 6.35.